The molecule has 0 spiro atoms. The number of carbonyl (C=O) groups is 2. The van der Waals surface area contributed by atoms with Gasteiger partial charge in [-0.1, -0.05) is 0 Å². The molecule has 1 amide bonds. The zero-order chi connectivity index (χ0) is 7.98. The Morgan fingerprint density at radius 1 is 1.70 bits per heavy atom. The molecule has 0 aromatic heterocycles. The molecule has 0 rings (SSSR count). The minimum Gasteiger partial charge on any atom is -0.468 e. The van der Waals surface area contributed by atoms with Crippen molar-refractivity contribution < 1.29 is 14.3 Å². The number of methoxy groups -OCH3 is 1. The number of likely N-dealkylation sites (N-methyl/N-ethyl adjacent to an activating group) is 1. The summed E-state index contributed by atoms with van der Waals surface area (Å²) in [5.74, 6) is -0.394. The average molecular weight is 145 g/mol. The summed E-state index contributed by atoms with van der Waals surface area (Å²) in [6, 6.07) is 0. The van der Waals surface area contributed by atoms with Crippen molar-refractivity contribution in [1.29, 1.82) is 0 Å². The molecule has 0 atom stereocenters. The number of hydrogen-bond donors (Lipinski definition) is 0. The number of carbonyl (C=O) groups excluding carboxylic acids is 2. The monoisotopic (exact) mass is 145 g/mol. The molecule has 0 aliphatic carbocycles. The number of ether oxygens (including phenoxy) is 1. The SMILES string of the molecule is CCN(C=O)CC(=O)OC. The van der Waals surface area contributed by atoms with Crippen LogP contribution < -0.4 is 0 Å². The standard InChI is InChI=1S/C6H11NO3/c1-3-7(5-8)4-6(9)10-2/h5H,3-4H2,1-2H3. The quantitative estimate of drug-likeness (QED) is 0.401. The summed E-state index contributed by atoms with van der Waals surface area (Å²) < 4.78 is 4.34. The lowest BCUT2D eigenvalue weighted by Gasteiger charge is -2.11. The molecule has 0 heterocycles. The van der Waals surface area contributed by atoms with Crippen molar-refractivity contribution in [3.05, 3.63) is 0 Å². The third-order valence-electron chi connectivity index (χ3n) is 1.12. The number of esters is 1. The Balaban J connectivity index is 3.62. The van der Waals surface area contributed by atoms with Crippen LogP contribution in [0, 0.1) is 0 Å². The zero-order valence-corrected chi connectivity index (χ0v) is 6.16. The van der Waals surface area contributed by atoms with E-state index in [1.165, 1.54) is 12.0 Å². The second kappa shape index (κ2) is 4.78. The lowest BCUT2D eigenvalue weighted by molar-refractivity contribution is -0.143. The summed E-state index contributed by atoms with van der Waals surface area (Å²) in [6.45, 7) is 2.35. The number of rotatable bonds is 4. The number of hydrogen-bond acceptors (Lipinski definition) is 3. The van der Waals surface area contributed by atoms with Crippen molar-refractivity contribution in [2.45, 2.75) is 6.92 Å². The first-order valence-electron chi connectivity index (χ1n) is 3.00. The van der Waals surface area contributed by atoms with Gasteiger partial charge in [-0.2, -0.15) is 0 Å². The van der Waals surface area contributed by atoms with Crippen LogP contribution in [0.2, 0.25) is 0 Å². The van der Waals surface area contributed by atoms with Crippen LogP contribution in [0.1, 0.15) is 6.92 Å². The largest absolute Gasteiger partial charge is 0.468 e. The van der Waals surface area contributed by atoms with E-state index in [0.29, 0.717) is 13.0 Å². The molecule has 0 saturated carbocycles. The third kappa shape index (κ3) is 3.06. The molecule has 58 valence electrons. The van der Waals surface area contributed by atoms with Crippen LogP contribution in [0.3, 0.4) is 0 Å². The lowest BCUT2D eigenvalue weighted by Crippen LogP contribution is -2.28. The van der Waals surface area contributed by atoms with Crippen LogP contribution in [0.4, 0.5) is 0 Å². The second-order valence-electron chi connectivity index (χ2n) is 1.74. The van der Waals surface area contributed by atoms with Gasteiger partial charge in [0.15, 0.2) is 0 Å². The molecule has 4 heteroatoms. The molecule has 0 aromatic rings. The predicted molar refractivity (Wildman–Crippen MR) is 35.3 cm³/mol. The molecule has 0 aliphatic rings. The van der Waals surface area contributed by atoms with Crippen LogP contribution in [0.15, 0.2) is 0 Å². The van der Waals surface area contributed by atoms with Crippen molar-refractivity contribution in [2.75, 3.05) is 20.2 Å². The summed E-state index contributed by atoms with van der Waals surface area (Å²) >= 11 is 0. The Kier molecular flexibility index (Phi) is 4.28. The summed E-state index contributed by atoms with van der Waals surface area (Å²) in [6.07, 6.45) is 0.622. The van der Waals surface area contributed by atoms with Gasteiger partial charge in [0.2, 0.25) is 6.41 Å². The van der Waals surface area contributed by atoms with E-state index < -0.39 is 5.97 Å². The average Bonchev–Trinajstić information content (AvgIpc) is 1.99. The molecule has 0 unspecified atom stereocenters. The van der Waals surface area contributed by atoms with E-state index in [4.69, 9.17) is 0 Å². The van der Waals surface area contributed by atoms with Crippen LogP contribution >= 0.6 is 0 Å². The Morgan fingerprint density at radius 2 is 2.30 bits per heavy atom. The van der Waals surface area contributed by atoms with Crippen molar-refractivity contribution in [1.82, 2.24) is 4.90 Å². The van der Waals surface area contributed by atoms with E-state index in [-0.39, 0.29) is 6.54 Å². The minimum atomic E-state index is -0.394. The van der Waals surface area contributed by atoms with Gasteiger partial charge in [0.05, 0.1) is 7.11 Å². The van der Waals surface area contributed by atoms with Gasteiger partial charge >= 0.3 is 5.97 Å². The summed E-state index contributed by atoms with van der Waals surface area (Å²) in [4.78, 5) is 21.9. The van der Waals surface area contributed by atoms with Gasteiger partial charge in [-0.15, -0.1) is 0 Å². The highest BCUT2D eigenvalue weighted by atomic mass is 16.5. The highest BCUT2D eigenvalue weighted by Crippen LogP contribution is 1.82. The molecule has 0 saturated heterocycles. The van der Waals surface area contributed by atoms with Crippen LogP contribution in [0.5, 0.6) is 0 Å². The highest BCUT2D eigenvalue weighted by molar-refractivity contribution is 5.73. The van der Waals surface area contributed by atoms with Gasteiger partial charge in [0.1, 0.15) is 6.54 Å². The molecule has 0 radical (unpaired) electrons. The van der Waals surface area contributed by atoms with E-state index in [1.807, 2.05) is 0 Å². The molecular formula is C6H11NO3. The van der Waals surface area contributed by atoms with Crippen molar-refractivity contribution in [2.24, 2.45) is 0 Å². The van der Waals surface area contributed by atoms with Crippen molar-refractivity contribution in [3.63, 3.8) is 0 Å². The molecule has 10 heavy (non-hydrogen) atoms. The van der Waals surface area contributed by atoms with Crippen LogP contribution in [-0.2, 0) is 14.3 Å². The first-order chi connectivity index (χ1) is 4.74. The summed E-state index contributed by atoms with van der Waals surface area (Å²) in [5, 5.41) is 0. The van der Waals surface area contributed by atoms with E-state index in [1.54, 1.807) is 6.92 Å². The predicted octanol–water partition coefficient (Wildman–Crippen LogP) is -0.362. The highest BCUT2D eigenvalue weighted by Gasteiger charge is 2.04. The van der Waals surface area contributed by atoms with Gasteiger partial charge in [0, 0.05) is 6.54 Å². The topological polar surface area (TPSA) is 46.6 Å². The van der Waals surface area contributed by atoms with Gasteiger partial charge in [-0.3, -0.25) is 9.59 Å². The van der Waals surface area contributed by atoms with Crippen LogP contribution in [-0.4, -0.2) is 37.5 Å². The van der Waals surface area contributed by atoms with Gasteiger partial charge in [-0.05, 0) is 6.92 Å². The molecule has 0 fully saturated rings. The Labute approximate surface area is 59.8 Å². The minimum absolute atomic E-state index is 0.0382. The first-order valence-corrected chi connectivity index (χ1v) is 3.00. The first kappa shape index (κ1) is 8.94. The van der Waals surface area contributed by atoms with Gasteiger partial charge in [0.25, 0.3) is 0 Å². The fraction of sp³-hybridized carbons (Fsp3) is 0.667. The Morgan fingerprint density at radius 3 is 2.60 bits per heavy atom. The molecule has 0 N–H and O–H groups in total. The van der Waals surface area contributed by atoms with E-state index >= 15 is 0 Å². The smallest absolute Gasteiger partial charge is 0.325 e. The van der Waals surface area contributed by atoms with E-state index in [0.717, 1.165) is 0 Å². The van der Waals surface area contributed by atoms with Crippen LogP contribution in [0.25, 0.3) is 0 Å². The zero-order valence-electron chi connectivity index (χ0n) is 6.16. The molecule has 4 nitrogen and oxygen atoms in total. The second-order valence-corrected chi connectivity index (χ2v) is 1.74. The number of nitrogens with zero attached hydrogens (tertiary/aromatic N) is 1. The summed E-state index contributed by atoms with van der Waals surface area (Å²) in [5.41, 5.74) is 0. The van der Waals surface area contributed by atoms with Gasteiger partial charge in [-0.25, -0.2) is 0 Å². The normalized spacial score (nSPS) is 8.60. The maximum Gasteiger partial charge on any atom is 0.325 e. The maximum absolute atomic E-state index is 10.5. The Bertz CT molecular complexity index is 124. The number of amides is 1. The molecule has 0 aromatic carbocycles. The molecule has 0 aliphatic heterocycles. The third-order valence-corrected chi connectivity index (χ3v) is 1.12. The van der Waals surface area contributed by atoms with Crippen molar-refractivity contribution >= 4 is 12.4 Å². The van der Waals surface area contributed by atoms with Gasteiger partial charge < -0.3 is 9.64 Å². The maximum atomic E-state index is 10.5. The lowest BCUT2D eigenvalue weighted by atomic mass is 10.5. The molecule has 0 bridgehead atoms. The fourth-order valence-electron chi connectivity index (χ4n) is 0.454. The van der Waals surface area contributed by atoms with E-state index in [2.05, 4.69) is 4.74 Å². The fourth-order valence-corrected chi connectivity index (χ4v) is 0.454. The molecular weight excluding hydrogens is 134 g/mol. The Hall–Kier alpha value is -1.06. The summed E-state index contributed by atoms with van der Waals surface area (Å²) in [7, 11) is 1.29. The van der Waals surface area contributed by atoms with Crippen molar-refractivity contribution in [3.8, 4) is 0 Å². The van der Waals surface area contributed by atoms with E-state index in [9.17, 15) is 9.59 Å².